The average molecular weight is 294 g/mol. The molecule has 0 aliphatic rings. The van der Waals surface area contributed by atoms with Crippen LogP contribution in [-0.4, -0.2) is 35.2 Å². The number of carbonyl (C=O) groups is 1. The fourth-order valence-electron chi connectivity index (χ4n) is 1.80. The summed E-state index contributed by atoms with van der Waals surface area (Å²) in [5, 5.41) is 19.4. The molecule has 2 rings (SSSR count). The highest BCUT2D eigenvalue weighted by Crippen LogP contribution is 2.15. The molecule has 0 aliphatic carbocycles. The summed E-state index contributed by atoms with van der Waals surface area (Å²) in [7, 11) is 4.30. The summed E-state index contributed by atoms with van der Waals surface area (Å²) in [4.78, 5) is 34.8. The minimum atomic E-state index is -1.20. The molecule has 1 atom stereocenters. The monoisotopic (exact) mass is 294 g/mol. The number of anilines is 1. The van der Waals surface area contributed by atoms with Crippen molar-refractivity contribution in [3.8, 4) is 0 Å². The van der Waals surface area contributed by atoms with E-state index in [1.807, 2.05) is 0 Å². The first-order chi connectivity index (χ1) is 9.81. The first-order valence-electron chi connectivity index (χ1n) is 5.93. The summed E-state index contributed by atoms with van der Waals surface area (Å²) >= 11 is 0. The maximum atomic E-state index is 11.9. The molecule has 2 aromatic rings. The Bertz CT molecular complexity index is 802. The number of nitrogens with one attached hydrogen (secondary N) is 1. The summed E-state index contributed by atoms with van der Waals surface area (Å²) in [6.07, 6.45) is 2.89. The van der Waals surface area contributed by atoms with Crippen LogP contribution in [0.3, 0.4) is 0 Å². The lowest BCUT2D eigenvalue weighted by molar-refractivity contribution is -0.138. The van der Waals surface area contributed by atoms with Crippen LogP contribution in [0.25, 0.3) is 0 Å². The van der Waals surface area contributed by atoms with Crippen LogP contribution >= 0.6 is 0 Å². The zero-order chi connectivity index (χ0) is 15.7. The highest BCUT2D eigenvalue weighted by molar-refractivity contribution is 5.78. The molecular weight excluding hydrogens is 280 g/mol. The van der Waals surface area contributed by atoms with Crippen LogP contribution in [-0.2, 0) is 25.9 Å². The van der Waals surface area contributed by atoms with E-state index in [0.717, 1.165) is 9.25 Å². The van der Waals surface area contributed by atoms with Gasteiger partial charge in [-0.05, 0) is 0 Å². The van der Waals surface area contributed by atoms with E-state index in [-0.39, 0.29) is 5.82 Å². The Kier molecular flexibility index (Phi) is 3.61. The Morgan fingerprint density at radius 2 is 2.00 bits per heavy atom. The summed E-state index contributed by atoms with van der Waals surface area (Å²) < 4.78 is 3.24. The maximum absolute atomic E-state index is 11.9. The summed E-state index contributed by atoms with van der Waals surface area (Å²) in [5.41, 5.74) is -0.935. The molecule has 0 saturated heterocycles. The fraction of sp³-hybridized carbons (Fsp3) is 0.364. The summed E-state index contributed by atoms with van der Waals surface area (Å²) in [6, 6.07) is -1.20. The molecule has 0 saturated carbocycles. The molecule has 0 aliphatic heterocycles. The van der Waals surface area contributed by atoms with Crippen molar-refractivity contribution in [2.45, 2.75) is 6.04 Å². The van der Waals surface area contributed by atoms with Crippen LogP contribution in [0, 0.1) is 0 Å². The number of hydrogen-bond donors (Lipinski definition) is 2. The molecule has 10 heteroatoms. The number of carboxylic acids is 1. The largest absolute Gasteiger partial charge is 0.479 e. The van der Waals surface area contributed by atoms with Crippen molar-refractivity contribution in [3.63, 3.8) is 0 Å². The lowest BCUT2D eigenvalue weighted by Gasteiger charge is -2.13. The molecule has 2 N–H and O–H groups in total. The number of aromatic nitrogens is 5. The number of rotatable bonds is 4. The molecular formula is C11H14N6O4. The Morgan fingerprint density at radius 1 is 1.33 bits per heavy atom. The average Bonchev–Trinajstić information content (AvgIpc) is 2.84. The topological polar surface area (TPSA) is 124 Å². The smallest absolute Gasteiger partial charge is 0.346 e. The molecule has 2 aromatic heterocycles. The lowest BCUT2D eigenvalue weighted by Crippen LogP contribution is -2.40. The second-order valence-electron chi connectivity index (χ2n) is 4.48. The number of carboxylic acid groups (broad SMARTS) is 1. The zero-order valence-electron chi connectivity index (χ0n) is 11.6. The van der Waals surface area contributed by atoms with Gasteiger partial charge in [0.05, 0.1) is 6.20 Å². The Morgan fingerprint density at radius 3 is 2.52 bits per heavy atom. The fourth-order valence-corrected chi connectivity index (χ4v) is 1.80. The molecule has 112 valence electrons. The molecule has 0 spiro atoms. The maximum Gasteiger partial charge on any atom is 0.346 e. The minimum Gasteiger partial charge on any atom is -0.479 e. The third-order valence-electron chi connectivity index (χ3n) is 2.91. The molecule has 0 aromatic carbocycles. The van der Waals surface area contributed by atoms with E-state index in [9.17, 15) is 19.5 Å². The van der Waals surface area contributed by atoms with Crippen molar-refractivity contribution < 1.29 is 9.90 Å². The lowest BCUT2D eigenvalue weighted by atomic mass is 10.1. The molecule has 0 fully saturated rings. The van der Waals surface area contributed by atoms with Crippen LogP contribution in [0.1, 0.15) is 11.6 Å². The molecule has 0 amide bonds. The highest BCUT2D eigenvalue weighted by atomic mass is 16.4. The van der Waals surface area contributed by atoms with Crippen molar-refractivity contribution >= 4 is 11.8 Å². The van der Waals surface area contributed by atoms with Crippen molar-refractivity contribution in [3.05, 3.63) is 38.8 Å². The van der Waals surface area contributed by atoms with Gasteiger partial charge in [-0.15, -0.1) is 5.10 Å². The van der Waals surface area contributed by atoms with Crippen LogP contribution in [0.5, 0.6) is 0 Å². The minimum absolute atomic E-state index is 0.226. The molecule has 0 bridgehead atoms. The predicted octanol–water partition coefficient (Wildman–Crippen LogP) is -1.55. The first-order valence-corrected chi connectivity index (χ1v) is 5.93. The van der Waals surface area contributed by atoms with Gasteiger partial charge in [0.1, 0.15) is 0 Å². The van der Waals surface area contributed by atoms with Crippen LogP contribution in [0.15, 0.2) is 22.0 Å². The summed E-state index contributed by atoms with van der Waals surface area (Å²) in [5.74, 6) is -1.42. The second kappa shape index (κ2) is 5.23. The number of aliphatic carboxylic acids is 1. The SMILES string of the molecule is Cn1cc(C(Nc2nn(C)c(=O)n(C)c2=O)C(=O)O)cn1. The molecule has 0 radical (unpaired) electrons. The van der Waals surface area contributed by atoms with Crippen molar-refractivity contribution in [2.75, 3.05) is 5.32 Å². The normalized spacial score (nSPS) is 12.1. The van der Waals surface area contributed by atoms with Crippen molar-refractivity contribution in [1.82, 2.24) is 24.1 Å². The highest BCUT2D eigenvalue weighted by Gasteiger charge is 2.23. The third kappa shape index (κ3) is 2.68. The standard InChI is InChI=1S/C11H14N6O4/c1-15-5-6(4-12-15)7(10(19)20)13-8-9(18)16(2)11(21)17(3)14-8/h4-5,7H,1-3H3,(H,13,14)(H,19,20). The van der Waals surface area contributed by atoms with Crippen LogP contribution in [0.2, 0.25) is 0 Å². The number of aryl methyl sites for hydroxylation is 2. The Labute approximate surface area is 118 Å². The molecule has 1 unspecified atom stereocenters. The van der Waals surface area contributed by atoms with Gasteiger partial charge < -0.3 is 10.4 Å². The van der Waals surface area contributed by atoms with Gasteiger partial charge in [0, 0.05) is 32.9 Å². The van der Waals surface area contributed by atoms with Gasteiger partial charge in [-0.2, -0.15) is 5.10 Å². The van der Waals surface area contributed by atoms with E-state index in [0.29, 0.717) is 5.56 Å². The Balaban J connectivity index is 2.46. The van der Waals surface area contributed by atoms with E-state index < -0.39 is 23.3 Å². The van der Waals surface area contributed by atoms with Gasteiger partial charge in [-0.1, -0.05) is 0 Å². The van der Waals surface area contributed by atoms with Crippen molar-refractivity contribution in [2.24, 2.45) is 21.1 Å². The molecule has 2 heterocycles. The van der Waals surface area contributed by atoms with Gasteiger partial charge in [0.25, 0.3) is 5.56 Å². The number of hydrogen-bond acceptors (Lipinski definition) is 6. The van der Waals surface area contributed by atoms with Gasteiger partial charge in [-0.25, -0.2) is 14.3 Å². The van der Waals surface area contributed by atoms with Gasteiger partial charge in [-0.3, -0.25) is 14.0 Å². The molecule has 21 heavy (non-hydrogen) atoms. The summed E-state index contributed by atoms with van der Waals surface area (Å²) in [6.45, 7) is 0. The zero-order valence-corrected chi connectivity index (χ0v) is 11.6. The van der Waals surface area contributed by atoms with Crippen molar-refractivity contribution in [1.29, 1.82) is 0 Å². The first kappa shape index (κ1) is 14.5. The van der Waals surface area contributed by atoms with Crippen LogP contribution < -0.4 is 16.6 Å². The van der Waals surface area contributed by atoms with E-state index in [1.165, 1.54) is 31.2 Å². The second-order valence-corrected chi connectivity index (χ2v) is 4.48. The number of nitrogens with zero attached hydrogens (tertiary/aromatic N) is 5. The van der Waals surface area contributed by atoms with Gasteiger partial charge in [0.2, 0.25) is 5.82 Å². The van der Waals surface area contributed by atoms with E-state index in [4.69, 9.17) is 0 Å². The van der Waals surface area contributed by atoms with Gasteiger partial charge in [0.15, 0.2) is 6.04 Å². The molecule has 10 nitrogen and oxygen atoms in total. The third-order valence-corrected chi connectivity index (χ3v) is 2.91. The van der Waals surface area contributed by atoms with Gasteiger partial charge >= 0.3 is 11.7 Å². The Hall–Kier alpha value is -2.91. The van der Waals surface area contributed by atoms with E-state index >= 15 is 0 Å². The predicted molar refractivity (Wildman–Crippen MR) is 71.9 cm³/mol. The van der Waals surface area contributed by atoms with Crippen LogP contribution in [0.4, 0.5) is 5.82 Å². The van der Waals surface area contributed by atoms with E-state index in [2.05, 4.69) is 15.5 Å². The quantitative estimate of drug-likeness (QED) is 0.699. The van der Waals surface area contributed by atoms with E-state index in [1.54, 1.807) is 7.05 Å².